The molecule has 3 rings (SSSR count). The van der Waals surface area contributed by atoms with Gasteiger partial charge in [0.05, 0.1) is 21.8 Å². The highest BCUT2D eigenvalue weighted by atomic mass is 32.2. The molecule has 0 aliphatic heterocycles. The van der Waals surface area contributed by atoms with Gasteiger partial charge in [-0.05, 0) is 42.8 Å². The lowest BCUT2D eigenvalue weighted by molar-refractivity contribution is -0.114. The number of aromatic nitrogens is 1. The number of amides is 1. The Morgan fingerprint density at radius 3 is 2.35 bits per heavy atom. The van der Waals surface area contributed by atoms with Gasteiger partial charge < -0.3 is 5.32 Å². The fraction of sp³-hybridized carbons (Fsp3) is 0.158. The van der Waals surface area contributed by atoms with Crippen molar-refractivity contribution in [1.29, 1.82) is 0 Å². The average molecular weight is 372 g/mol. The molecule has 7 heteroatoms. The van der Waals surface area contributed by atoms with Crippen molar-refractivity contribution in [3.8, 4) is 11.3 Å². The quantitative estimate of drug-likeness (QED) is 0.760. The second-order valence-electron chi connectivity index (χ2n) is 6.15. The van der Waals surface area contributed by atoms with Gasteiger partial charge in [-0.2, -0.15) is 0 Å². The monoisotopic (exact) mass is 372 g/mol. The summed E-state index contributed by atoms with van der Waals surface area (Å²) in [7, 11) is -3.27. The minimum Gasteiger partial charge on any atom is -0.324 e. The number of nitrogens with one attached hydrogen (secondary N) is 1. The molecule has 0 saturated heterocycles. The summed E-state index contributed by atoms with van der Waals surface area (Å²) in [6, 6.07) is 11.1. The summed E-state index contributed by atoms with van der Waals surface area (Å²) in [5.41, 5.74) is 2.81. The van der Waals surface area contributed by atoms with Crippen molar-refractivity contribution in [3.63, 3.8) is 0 Å². The SMILES string of the molecule is CC(=O)Nc1cc2nc(-c3ccc(S(C)(=O)=O)cc3)cc(C)c2cc1F. The Morgan fingerprint density at radius 2 is 1.77 bits per heavy atom. The van der Waals surface area contributed by atoms with Gasteiger partial charge in [0.2, 0.25) is 5.91 Å². The average Bonchev–Trinajstić information content (AvgIpc) is 2.55. The number of aryl methyl sites for hydroxylation is 1. The number of rotatable bonds is 3. The molecule has 1 N–H and O–H groups in total. The van der Waals surface area contributed by atoms with Crippen molar-refractivity contribution in [3.05, 3.63) is 53.8 Å². The van der Waals surface area contributed by atoms with Gasteiger partial charge >= 0.3 is 0 Å². The van der Waals surface area contributed by atoms with Gasteiger partial charge in [0, 0.05) is 24.1 Å². The van der Waals surface area contributed by atoms with Crippen LogP contribution in [0.2, 0.25) is 0 Å². The summed E-state index contributed by atoms with van der Waals surface area (Å²) >= 11 is 0. The first kappa shape index (κ1) is 18.0. The lowest BCUT2D eigenvalue weighted by Gasteiger charge is -2.10. The topological polar surface area (TPSA) is 76.1 Å². The Kier molecular flexibility index (Phi) is 4.50. The second-order valence-corrected chi connectivity index (χ2v) is 8.17. The minimum atomic E-state index is -3.27. The maximum atomic E-state index is 14.1. The molecule has 5 nitrogen and oxygen atoms in total. The molecule has 0 aliphatic rings. The number of carbonyl (C=O) groups is 1. The van der Waals surface area contributed by atoms with Crippen LogP contribution in [-0.2, 0) is 14.6 Å². The molecule has 0 bridgehead atoms. The van der Waals surface area contributed by atoms with Gasteiger partial charge in [-0.15, -0.1) is 0 Å². The van der Waals surface area contributed by atoms with Crippen LogP contribution in [-0.4, -0.2) is 25.6 Å². The summed E-state index contributed by atoms with van der Waals surface area (Å²) < 4.78 is 37.3. The third-order valence-electron chi connectivity index (χ3n) is 3.99. The summed E-state index contributed by atoms with van der Waals surface area (Å²) in [6.07, 6.45) is 1.15. The Bertz CT molecular complexity index is 1120. The van der Waals surface area contributed by atoms with Crippen molar-refractivity contribution in [1.82, 2.24) is 4.98 Å². The molecule has 0 radical (unpaired) electrons. The standard InChI is InChI=1S/C19H17FN2O3S/c1-11-8-17(13-4-6-14(7-5-13)26(3,24)25)22-18-10-19(21-12(2)23)16(20)9-15(11)18/h4-10H,1-3H3,(H,21,23). The third-order valence-corrected chi connectivity index (χ3v) is 5.12. The molecule has 0 saturated carbocycles. The Morgan fingerprint density at radius 1 is 1.12 bits per heavy atom. The fourth-order valence-corrected chi connectivity index (χ4v) is 3.35. The zero-order valence-corrected chi connectivity index (χ0v) is 15.3. The lowest BCUT2D eigenvalue weighted by Crippen LogP contribution is -2.07. The summed E-state index contributed by atoms with van der Waals surface area (Å²) in [6.45, 7) is 3.15. The molecule has 1 heterocycles. The fourth-order valence-electron chi connectivity index (χ4n) is 2.72. The highest BCUT2D eigenvalue weighted by molar-refractivity contribution is 7.90. The van der Waals surface area contributed by atoms with Crippen molar-refractivity contribution >= 4 is 32.3 Å². The zero-order chi connectivity index (χ0) is 19.1. The minimum absolute atomic E-state index is 0.0708. The van der Waals surface area contributed by atoms with E-state index in [4.69, 9.17) is 0 Å². The van der Waals surface area contributed by atoms with Gasteiger partial charge in [-0.3, -0.25) is 4.79 Å². The molecule has 134 valence electrons. The molecule has 0 fully saturated rings. The maximum absolute atomic E-state index is 14.1. The van der Waals surface area contributed by atoms with Crippen molar-refractivity contribution in [2.45, 2.75) is 18.7 Å². The van der Waals surface area contributed by atoms with E-state index in [2.05, 4.69) is 10.3 Å². The molecule has 2 aromatic carbocycles. The molecule has 26 heavy (non-hydrogen) atoms. The van der Waals surface area contributed by atoms with Gasteiger partial charge in [0.1, 0.15) is 5.82 Å². The van der Waals surface area contributed by atoms with Gasteiger partial charge in [-0.1, -0.05) is 12.1 Å². The number of hydrogen-bond donors (Lipinski definition) is 1. The number of sulfone groups is 1. The molecular weight excluding hydrogens is 355 g/mol. The highest BCUT2D eigenvalue weighted by Gasteiger charge is 2.12. The van der Waals surface area contributed by atoms with Crippen LogP contribution in [0.4, 0.5) is 10.1 Å². The van der Waals surface area contributed by atoms with E-state index in [1.165, 1.54) is 31.2 Å². The highest BCUT2D eigenvalue weighted by Crippen LogP contribution is 2.28. The van der Waals surface area contributed by atoms with Crippen LogP contribution in [0.1, 0.15) is 12.5 Å². The van der Waals surface area contributed by atoms with E-state index >= 15 is 0 Å². The van der Waals surface area contributed by atoms with Crippen LogP contribution in [0.5, 0.6) is 0 Å². The largest absolute Gasteiger partial charge is 0.324 e. The molecule has 1 aromatic heterocycles. The van der Waals surface area contributed by atoms with Crippen LogP contribution in [0, 0.1) is 12.7 Å². The Balaban J connectivity index is 2.12. The molecule has 0 atom stereocenters. The number of pyridine rings is 1. The van der Waals surface area contributed by atoms with E-state index in [9.17, 15) is 17.6 Å². The summed E-state index contributed by atoms with van der Waals surface area (Å²) in [5, 5.41) is 3.09. The van der Waals surface area contributed by atoms with Crippen molar-refractivity contribution in [2.75, 3.05) is 11.6 Å². The number of anilines is 1. The first-order chi connectivity index (χ1) is 12.1. The number of fused-ring (bicyclic) bond motifs is 1. The Labute approximate surface area is 150 Å². The van der Waals surface area contributed by atoms with E-state index in [-0.39, 0.29) is 16.5 Å². The van der Waals surface area contributed by atoms with E-state index in [0.29, 0.717) is 16.6 Å². The first-order valence-corrected chi connectivity index (χ1v) is 9.73. The molecule has 0 unspecified atom stereocenters. The van der Waals surface area contributed by atoms with Gasteiger partial charge in [0.15, 0.2) is 9.84 Å². The molecule has 1 amide bonds. The summed E-state index contributed by atoms with van der Waals surface area (Å²) in [4.78, 5) is 16.0. The van der Waals surface area contributed by atoms with E-state index in [0.717, 1.165) is 17.4 Å². The third kappa shape index (κ3) is 3.57. The number of hydrogen-bond acceptors (Lipinski definition) is 4. The predicted molar refractivity (Wildman–Crippen MR) is 99.3 cm³/mol. The maximum Gasteiger partial charge on any atom is 0.221 e. The number of benzene rings is 2. The van der Waals surface area contributed by atoms with Crippen LogP contribution in [0.25, 0.3) is 22.2 Å². The molecule has 0 aliphatic carbocycles. The van der Waals surface area contributed by atoms with E-state index in [1.807, 2.05) is 13.0 Å². The number of nitrogens with zero attached hydrogens (tertiary/aromatic N) is 1. The first-order valence-electron chi connectivity index (χ1n) is 7.84. The van der Waals surface area contributed by atoms with Crippen LogP contribution in [0.3, 0.4) is 0 Å². The Hall–Kier alpha value is -2.80. The van der Waals surface area contributed by atoms with Crippen molar-refractivity contribution < 1.29 is 17.6 Å². The predicted octanol–water partition coefficient (Wildman–Crippen LogP) is 3.71. The van der Waals surface area contributed by atoms with E-state index < -0.39 is 15.7 Å². The second kappa shape index (κ2) is 6.49. The van der Waals surface area contributed by atoms with E-state index in [1.54, 1.807) is 12.1 Å². The van der Waals surface area contributed by atoms with Gasteiger partial charge in [0.25, 0.3) is 0 Å². The summed E-state index contributed by atoms with van der Waals surface area (Å²) in [5.74, 6) is -0.893. The van der Waals surface area contributed by atoms with Crippen LogP contribution < -0.4 is 5.32 Å². The molecular formula is C19H17FN2O3S. The van der Waals surface area contributed by atoms with Crippen molar-refractivity contribution in [2.24, 2.45) is 0 Å². The van der Waals surface area contributed by atoms with Gasteiger partial charge in [-0.25, -0.2) is 17.8 Å². The lowest BCUT2D eigenvalue weighted by atomic mass is 10.0. The molecule has 0 spiro atoms. The zero-order valence-electron chi connectivity index (χ0n) is 14.5. The molecule has 3 aromatic rings. The number of carbonyl (C=O) groups excluding carboxylic acids is 1. The number of halogens is 1. The smallest absolute Gasteiger partial charge is 0.221 e. The van der Waals surface area contributed by atoms with Crippen LogP contribution >= 0.6 is 0 Å². The van der Waals surface area contributed by atoms with Crippen LogP contribution in [0.15, 0.2) is 47.4 Å². The normalized spacial score (nSPS) is 11.5.